The zero-order chi connectivity index (χ0) is 24.8. The molecule has 1 amide bonds. The highest BCUT2D eigenvalue weighted by atomic mass is 16.9. The summed E-state index contributed by atoms with van der Waals surface area (Å²) in [7, 11) is 0. The molecule has 5 atom stereocenters. The number of hydrogen-bond acceptors (Lipinski definition) is 10. The van der Waals surface area contributed by atoms with Crippen LogP contribution in [0.25, 0.3) is 0 Å². The quantitative estimate of drug-likeness (QED) is 0.470. The van der Waals surface area contributed by atoms with E-state index in [4.69, 9.17) is 28.9 Å². The lowest BCUT2D eigenvalue weighted by molar-refractivity contribution is -0.247. The molecule has 2 aliphatic carbocycles. The predicted molar refractivity (Wildman–Crippen MR) is 126 cm³/mol. The van der Waals surface area contributed by atoms with Crippen LogP contribution in [0.15, 0.2) is 29.4 Å². The number of amides is 1. The molecule has 2 N–H and O–H groups in total. The van der Waals surface area contributed by atoms with Crippen LogP contribution in [0.2, 0.25) is 0 Å². The van der Waals surface area contributed by atoms with Gasteiger partial charge >= 0.3 is 0 Å². The van der Waals surface area contributed by atoms with Gasteiger partial charge in [0, 0.05) is 25.7 Å². The fourth-order valence-corrected chi connectivity index (χ4v) is 6.13. The van der Waals surface area contributed by atoms with E-state index in [2.05, 4.69) is 10.5 Å². The van der Waals surface area contributed by atoms with E-state index in [0.29, 0.717) is 5.56 Å². The third-order valence-electron chi connectivity index (χ3n) is 7.85. The van der Waals surface area contributed by atoms with Gasteiger partial charge in [-0.05, 0) is 43.4 Å². The maximum absolute atomic E-state index is 13.3. The molecule has 3 saturated heterocycles. The van der Waals surface area contributed by atoms with Gasteiger partial charge in [0.15, 0.2) is 24.0 Å². The average molecular weight is 503 g/mol. The van der Waals surface area contributed by atoms with Crippen LogP contribution in [0.4, 0.5) is 5.69 Å². The lowest BCUT2D eigenvalue weighted by Gasteiger charge is -2.36. The first kappa shape index (κ1) is 24.2. The molecule has 6 rings (SSSR count). The maximum Gasteiger partial charge on any atom is 0.272 e. The van der Waals surface area contributed by atoms with E-state index in [1.165, 1.54) is 18.3 Å². The lowest BCUT2D eigenvalue weighted by Crippen LogP contribution is -2.59. The van der Waals surface area contributed by atoms with Crippen molar-refractivity contribution in [3.63, 3.8) is 0 Å². The molecule has 3 heterocycles. The van der Waals surface area contributed by atoms with E-state index < -0.39 is 48.2 Å². The molecule has 2 saturated carbocycles. The molecule has 36 heavy (non-hydrogen) atoms. The van der Waals surface area contributed by atoms with Crippen molar-refractivity contribution < 1.29 is 33.7 Å². The summed E-state index contributed by atoms with van der Waals surface area (Å²) in [6, 6.07) is 6.18. The smallest absolute Gasteiger partial charge is 0.272 e. The normalized spacial score (nSPS) is 34.6. The largest absolute Gasteiger partial charge is 0.733 e. The highest BCUT2D eigenvalue weighted by Gasteiger charge is 2.65. The van der Waals surface area contributed by atoms with Crippen molar-refractivity contribution in [3.8, 4) is 0 Å². The standard InChI is InChI=1S/C25H32N3O8/c29-22(27-26-15-16-8-7-9-17(14-16)28(30)31)20-18-19(34-24(33-18)10-3-1-4-11-24)21-23(32-20)36-25(35-21)12-5-2-6-13-25/h7-9,14-15,18-21,23,30H,1-6,10-13H2,(H,27,29)/q-1/t18-,19-,20+,21-,23+/m0/s1. The molecule has 0 unspecified atom stereocenters. The molecule has 2 spiro atoms. The van der Waals surface area contributed by atoms with Gasteiger partial charge in [0.25, 0.3) is 5.91 Å². The highest BCUT2D eigenvalue weighted by molar-refractivity contribution is 5.85. The van der Waals surface area contributed by atoms with Crippen molar-refractivity contribution in [1.29, 1.82) is 0 Å². The first-order chi connectivity index (χ1) is 17.5. The van der Waals surface area contributed by atoms with Crippen LogP contribution in [-0.4, -0.2) is 59.6 Å². The van der Waals surface area contributed by atoms with Crippen LogP contribution < -0.4 is 10.7 Å². The van der Waals surface area contributed by atoms with Crippen molar-refractivity contribution >= 4 is 17.8 Å². The molecule has 1 aromatic rings. The number of anilines is 1. The summed E-state index contributed by atoms with van der Waals surface area (Å²) in [5.74, 6) is -1.90. The second-order valence-electron chi connectivity index (χ2n) is 10.3. The van der Waals surface area contributed by atoms with E-state index in [1.807, 2.05) is 0 Å². The number of rotatable bonds is 4. The first-order valence-electron chi connectivity index (χ1n) is 12.9. The molecule has 3 aliphatic heterocycles. The summed E-state index contributed by atoms with van der Waals surface area (Å²) >= 11 is 0. The fraction of sp³-hybridized carbons (Fsp3) is 0.680. The Bertz CT molecular complexity index is 991. The van der Waals surface area contributed by atoms with Crippen molar-refractivity contribution in [3.05, 3.63) is 35.0 Å². The zero-order valence-electron chi connectivity index (χ0n) is 20.0. The number of benzene rings is 1. The highest BCUT2D eigenvalue weighted by Crippen LogP contribution is 2.50. The Morgan fingerprint density at radius 1 is 0.972 bits per heavy atom. The van der Waals surface area contributed by atoms with Gasteiger partial charge in [-0.3, -0.25) is 10.0 Å². The Morgan fingerprint density at radius 2 is 1.61 bits per heavy atom. The van der Waals surface area contributed by atoms with Crippen LogP contribution in [0, 0.1) is 5.21 Å². The number of ether oxygens (including phenoxy) is 5. The van der Waals surface area contributed by atoms with E-state index >= 15 is 0 Å². The van der Waals surface area contributed by atoms with Crippen molar-refractivity contribution in [1.82, 2.24) is 5.43 Å². The molecule has 0 aromatic heterocycles. The SMILES string of the molecule is O=C(NN=Cc1cccc(N([O-])O)c1)[C@@H]1O[C@@H]2OC3(CCCCC3)O[C@H]2[C@H]2OC3(CCCCC3)O[C@@H]21. The minimum absolute atomic E-state index is 0.0547. The third-order valence-corrected chi connectivity index (χ3v) is 7.85. The van der Waals surface area contributed by atoms with Crippen molar-refractivity contribution in [2.45, 2.75) is 106 Å². The van der Waals surface area contributed by atoms with Crippen LogP contribution in [-0.2, 0) is 28.5 Å². The summed E-state index contributed by atoms with van der Waals surface area (Å²) in [6.45, 7) is 0. The topological polar surface area (TPSA) is 134 Å². The minimum atomic E-state index is -0.988. The number of hydrogen-bond donors (Lipinski definition) is 2. The number of hydrazone groups is 1. The number of carbonyl (C=O) groups excluding carboxylic acids is 1. The lowest BCUT2D eigenvalue weighted by atomic mass is 9.94. The molecule has 196 valence electrons. The van der Waals surface area contributed by atoms with Gasteiger partial charge in [-0.1, -0.05) is 25.0 Å². The van der Waals surface area contributed by atoms with Gasteiger partial charge in [0.1, 0.15) is 18.3 Å². The summed E-state index contributed by atoms with van der Waals surface area (Å²) in [4.78, 5) is 13.3. The first-order valence-corrected chi connectivity index (χ1v) is 12.9. The Hall–Kier alpha value is -2.12. The molecule has 0 bridgehead atoms. The van der Waals surface area contributed by atoms with E-state index in [-0.39, 0.29) is 10.9 Å². The summed E-state index contributed by atoms with van der Waals surface area (Å²) in [6.07, 6.45) is 7.55. The third kappa shape index (κ3) is 4.53. The zero-order valence-corrected chi connectivity index (χ0v) is 20.0. The van der Waals surface area contributed by atoms with Crippen molar-refractivity contribution in [2.75, 3.05) is 5.23 Å². The summed E-state index contributed by atoms with van der Waals surface area (Å²) in [5, 5.41) is 24.0. The predicted octanol–water partition coefficient (Wildman–Crippen LogP) is 3.08. The Balaban J connectivity index is 1.20. The van der Waals surface area contributed by atoms with Crippen molar-refractivity contribution in [2.24, 2.45) is 5.10 Å². The van der Waals surface area contributed by atoms with Gasteiger partial charge in [-0.25, -0.2) is 5.43 Å². The van der Waals surface area contributed by atoms with Crippen LogP contribution in [0.3, 0.4) is 0 Å². The second-order valence-corrected chi connectivity index (χ2v) is 10.3. The average Bonchev–Trinajstić information content (AvgIpc) is 3.42. The van der Waals surface area contributed by atoms with E-state index in [9.17, 15) is 10.0 Å². The Labute approximate surface area is 209 Å². The molecular formula is C25H32N3O8-. The maximum atomic E-state index is 13.3. The molecule has 11 heteroatoms. The summed E-state index contributed by atoms with van der Waals surface area (Å²) in [5.41, 5.74) is 3.10. The number of carbonyl (C=O) groups is 1. The number of fused-ring (bicyclic) bond motifs is 3. The van der Waals surface area contributed by atoms with E-state index in [1.54, 1.807) is 12.1 Å². The molecule has 0 radical (unpaired) electrons. The Kier molecular flexibility index (Phi) is 6.49. The van der Waals surface area contributed by atoms with Crippen LogP contribution >= 0.6 is 0 Å². The van der Waals surface area contributed by atoms with Gasteiger partial charge in [0.05, 0.1) is 11.9 Å². The van der Waals surface area contributed by atoms with E-state index in [0.717, 1.165) is 64.2 Å². The van der Waals surface area contributed by atoms with Gasteiger partial charge in [-0.15, -0.1) is 0 Å². The number of nitrogens with one attached hydrogen (secondary N) is 1. The van der Waals surface area contributed by atoms with Gasteiger partial charge in [0.2, 0.25) is 0 Å². The molecular weight excluding hydrogens is 470 g/mol. The fourth-order valence-electron chi connectivity index (χ4n) is 6.13. The second kappa shape index (κ2) is 9.64. The Morgan fingerprint density at radius 3 is 2.31 bits per heavy atom. The minimum Gasteiger partial charge on any atom is -0.733 e. The molecule has 1 aromatic carbocycles. The van der Waals surface area contributed by atoms with Gasteiger partial charge in [-0.2, -0.15) is 5.10 Å². The molecule has 5 aliphatic rings. The monoisotopic (exact) mass is 502 g/mol. The van der Waals surface area contributed by atoms with Gasteiger partial charge < -0.3 is 34.1 Å². The van der Waals surface area contributed by atoms with Crippen LogP contribution in [0.5, 0.6) is 0 Å². The molecule has 11 nitrogen and oxygen atoms in total. The summed E-state index contributed by atoms with van der Waals surface area (Å²) < 4.78 is 32.0. The molecule has 5 fully saturated rings. The van der Waals surface area contributed by atoms with Crippen LogP contribution in [0.1, 0.15) is 69.8 Å². The number of nitrogens with zero attached hydrogens (tertiary/aromatic N) is 2.